The maximum absolute atomic E-state index is 11.7. The van der Waals surface area contributed by atoms with E-state index < -0.39 is 0 Å². The molecule has 7 nitrogen and oxygen atoms in total. The van der Waals surface area contributed by atoms with E-state index in [0.717, 1.165) is 12.1 Å². The molecule has 86 valence electrons. The largest absolute Gasteiger partial charge is 0.274 e. The molecular weight excluding hydrogens is 220 g/mol. The van der Waals surface area contributed by atoms with Crippen LogP contribution in [-0.4, -0.2) is 31.7 Å². The van der Waals surface area contributed by atoms with Crippen molar-refractivity contribution in [3.63, 3.8) is 0 Å². The number of aryl methyl sites for hydroxylation is 1. The van der Waals surface area contributed by atoms with Gasteiger partial charge in [0, 0.05) is 25.3 Å². The summed E-state index contributed by atoms with van der Waals surface area (Å²) in [6, 6.07) is 0. The molecule has 2 aromatic rings. The summed E-state index contributed by atoms with van der Waals surface area (Å²) >= 11 is 0. The summed E-state index contributed by atoms with van der Waals surface area (Å²) in [6.07, 6.45) is 4.41. The summed E-state index contributed by atoms with van der Waals surface area (Å²) < 4.78 is 1.62. The number of carbonyl (C=O) groups excluding carboxylic acids is 1. The SMILES string of the molecule is CCc1nc2ncc3c(n2n1)CC=NNC3=O. The third-order valence-electron chi connectivity index (χ3n) is 2.61. The van der Waals surface area contributed by atoms with Gasteiger partial charge in [0.05, 0.1) is 11.3 Å². The first-order chi connectivity index (χ1) is 8.29. The monoisotopic (exact) mass is 230 g/mol. The summed E-state index contributed by atoms with van der Waals surface area (Å²) in [5, 5.41) is 8.11. The molecule has 0 unspecified atom stereocenters. The molecule has 0 saturated heterocycles. The Morgan fingerprint density at radius 3 is 3.24 bits per heavy atom. The Labute approximate surface area is 96.6 Å². The van der Waals surface area contributed by atoms with Gasteiger partial charge < -0.3 is 0 Å². The van der Waals surface area contributed by atoms with Gasteiger partial charge in [0.15, 0.2) is 5.82 Å². The maximum atomic E-state index is 11.7. The molecule has 17 heavy (non-hydrogen) atoms. The summed E-state index contributed by atoms with van der Waals surface area (Å²) in [4.78, 5) is 20.1. The summed E-state index contributed by atoms with van der Waals surface area (Å²) in [5.74, 6) is 0.966. The van der Waals surface area contributed by atoms with Gasteiger partial charge in [-0.05, 0) is 0 Å². The molecule has 3 heterocycles. The van der Waals surface area contributed by atoms with Gasteiger partial charge in [-0.1, -0.05) is 6.92 Å². The Balaban J connectivity index is 2.29. The second-order valence-electron chi connectivity index (χ2n) is 3.67. The summed E-state index contributed by atoms with van der Waals surface area (Å²) in [6.45, 7) is 1.97. The van der Waals surface area contributed by atoms with Gasteiger partial charge in [-0.3, -0.25) is 4.79 Å². The quantitative estimate of drug-likeness (QED) is 0.744. The highest BCUT2D eigenvalue weighted by molar-refractivity contribution is 5.97. The first-order valence-corrected chi connectivity index (χ1v) is 5.35. The van der Waals surface area contributed by atoms with E-state index in [-0.39, 0.29) is 5.91 Å². The highest BCUT2D eigenvalue weighted by Crippen LogP contribution is 2.12. The first kappa shape index (κ1) is 9.88. The molecule has 0 radical (unpaired) electrons. The van der Waals surface area contributed by atoms with Gasteiger partial charge in [-0.2, -0.15) is 14.6 Å². The van der Waals surface area contributed by atoms with Crippen molar-refractivity contribution in [1.29, 1.82) is 0 Å². The average molecular weight is 230 g/mol. The van der Waals surface area contributed by atoms with Crippen molar-refractivity contribution in [2.75, 3.05) is 0 Å². The van der Waals surface area contributed by atoms with Gasteiger partial charge in [-0.25, -0.2) is 10.4 Å². The maximum Gasteiger partial charge on any atom is 0.274 e. The Morgan fingerprint density at radius 1 is 1.53 bits per heavy atom. The number of amides is 1. The Hall–Kier alpha value is -2.31. The van der Waals surface area contributed by atoms with E-state index >= 15 is 0 Å². The predicted molar refractivity (Wildman–Crippen MR) is 59.8 cm³/mol. The number of aromatic nitrogens is 4. The van der Waals surface area contributed by atoms with Crippen molar-refractivity contribution in [2.45, 2.75) is 19.8 Å². The number of nitrogens with one attached hydrogen (secondary N) is 1. The van der Waals surface area contributed by atoms with Crippen LogP contribution in [0.1, 0.15) is 28.8 Å². The van der Waals surface area contributed by atoms with Crippen molar-refractivity contribution in [2.24, 2.45) is 5.10 Å². The second-order valence-corrected chi connectivity index (χ2v) is 3.67. The fraction of sp³-hybridized carbons (Fsp3) is 0.300. The van der Waals surface area contributed by atoms with Crippen molar-refractivity contribution < 1.29 is 4.79 Å². The van der Waals surface area contributed by atoms with E-state index in [4.69, 9.17) is 0 Å². The number of nitrogens with zero attached hydrogens (tertiary/aromatic N) is 5. The molecule has 1 aliphatic rings. The van der Waals surface area contributed by atoms with Crippen molar-refractivity contribution in [1.82, 2.24) is 25.0 Å². The molecule has 1 amide bonds. The molecule has 0 aliphatic carbocycles. The molecule has 1 N–H and O–H groups in total. The zero-order valence-corrected chi connectivity index (χ0v) is 9.21. The lowest BCUT2D eigenvalue weighted by molar-refractivity contribution is 0.0954. The van der Waals surface area contributed by atoms with E-state index in [9.17, 15) is 4.79 Å². The molecular formula is C10H10N6O. The van der Waals surface area contributed by atoms with Gasteiger partial charge in [0.1, 0.15) is 0 Å². The fourth-order valence-electron chi connectivity index (χ4n) is 1.75. The van der Waals surface area contributed by atoms with Crippen LogP contribution in [0.25, 0.3) is 5.78 Å². The van der Waals surface area contributed by atoms with Crippen LogP contribution < -0.4 is 5.43 Å². The predicted octanol–water partition coefficient (Wildman–Crippen LogP) is -0.0416. The van der Waals surface area contributed by atoms with E-state index in [0.29, 0.717) is 23.6 Å². The van der Waals surface area contributed by atoms with Crippen molar-refractivity contribution in [3.8, 4) is 0 Å². The zero-order chi connectivity index (χ0) is 11.8. The standard InChI is InChI=1S/C10H10N6O/c1-2-8-13-10-11-5-6-7(16(10)15-8)3-4-12-14-9(6)17/h4-5H,2-3H2,1H3,(H,14,17). The van der Waals surface area contributed by atoms with E-state index in [2.05, 4.69) is 25.6 Å². The Kier molecular flexibility index (Phi) is 2.10. The third kappa shape index (κ3) is 1.47. The van der Waals surface area contributed by atoms with E-state index in [1.54, 1.807) is 10.7 Å². The Bertz CT molecular complexity index is 629. The lowest BCUT2D eigenvalue weighted by atomic mass is 10.2. The minimum atomic E-state index is -0.267. The molecule has 1 aliphatic heterocycles. The highest BCUT2D eigenvalue weighted by atomic mass is 16.2. The van der Waals surface area contributed by atoms with E-state index in [1.165, 1.54) is 6.20 Å². The molecule has 2 aromatic heterocycles. The van der Waals surface area contributed by atoms with Crippen LogP contribution in [-0.2, 0) is 12.8 Å². The lowest BCUT2D eigenvalue weighted by Crippen LogP contribution is -2.18. The summed E-state index contributed by atoms with van der Waals surface area (Å²) in [7, 11) is 0. The average Bonchev–Trinajstić information content (AvgIpc) is 2.68. The molecule has 0 atom stereocenters. The third-order valence-corrected chi connectivity index (χ3v) is 2.61. The van der Waals surface area contributed by atoms with Crippen LogP contribution in [0.2, 0.25) is 0 Å². The smallest absolute Gasteiger partial charge is 0.267 e. The van der Waals surface area contributed by atoms with Gasteiger partial charge in [-0.15, -0.1) is 5.10 Å². The minimum absolute atomic E-state index is 0.267. The normalized spacial score (nSPS) is 14.5. The van der Waals surface area contributed by atoms with Gasteiger partial charge in [0.2, 0.25) is 0 Å². The highest BCUT2D eigenvalue weighted by Gasteiger charge is 2.18. The van der Waals surface area contributed by atoms with Crippen LogP contribution in [0.4, 0.5) is 0 Å². The molecule has 0 bridgehead atoms. The number of carbonyl (C=O) groups is 1. The number of rotatable bonds is 1. The number of hydrazone groups is 1. The molecule has 0 spiro atoms. The van der Waals surface area contributed by atoms with Crippen LogP contribution in [0, 0.1) is 0 Å². The topological polar surface area (TPSA) is 84.5 Å². The number of hydrogen-bond donors (Lipinski definition) is 1. The van der Waals surface area contributed by atoms with E-state index in [1.807, 2.05) is 6.92 Å². The first-order valence-electron chi connectivity index (χ1n) is 5.35. The number of fused-ring (bicyclic) bond motifs is 3. The Morgan fingerprint density at radius 2 is 2.41 bits per heavy atom. The summed E-state index contributed by atoms with van der Waals surface area (Å²) in [5.41, 5.74) is 3.67. The second kappa shape index (κ2) is 3.62. The number of hydrogen-bond acceptors (Lipinski definition) is 5. The van der Waals surface area contributed by atoms with Crippen molar-refractivity contribution in [3.05, 3.63) is 23.3 Å². The van der Waals surface area contributed by atoms with Crippen LogP contribution in [0.15, 0.2) is 11.3 Å². The van der Waals surface area contributed by atoms with Crippen LogP contribution in [0.3, 0.4) is 0 Å². The molecule has 3 rings (SSSR count). The fourth-order valence-corrected chi connectivity index (χ4v) is 1.75. The van der Waals surface area contributed by atoms with Gasteiger partial charge in [0.25, 0.3) is 11.7 Å². The van der Waals surface area contributed by atoms with Crippen LogP contribution >= 0.6 is 0 Å². The lowest BCUT2D eigenvalue weighted by Gasteiger charge is -2.03. The van der Waals surface area contributed by atoms with Crippen molar-refractivity contribution >= 4 is 17.9 Å². The van der Waals surface area contributed by atoms with Gasteiger partial charge >= 0.3 is 0 Å². The molecule has 0 fully saturated rings. The van der Waals surface area contributed by atoms with Crippen LogP contribution in [0.5, 0.6) is 0 Å². The molecule has 7 heteroatoms. The molecule has 0 saturated carbocycles. The molecule has 0 aromatic carbocycles. The minimum Gasteiger partial charge on any atom is -0.267 e. The zero-order valence-electron chi connectivity index (χ0n) is 9.21.